The van der Waals surface area contributed by atoms with Crippen LogP contribution in [0, 0.1) is 0 Å². The van der Waals surface area contributed by atoms with Gasteiger partial charge in [-0.2, -0.15) is 0 Å². The molecule has 1 unspecified atom stereocenters. The lowest BCUT2D eigenvalue weighted by molar-refractivity contribution is -0.143. The highest BCUT2D eigenvalue weighted by Crippen LogP contribution is 2.43. The minimum absolute atomic E-state index is 0.236. The third-order valence-corrected chi connectivity index (χ3v) is 5.99. The van der Waals surface area contributed by atoms with Crippen LogP contribution in [0.1, 0.15) is 47.7 Å². The maximum Gasteiger partial charge on any atom is 0.339 e. The van der Waals surface area contributed by atoms with Gasteiger partial charge in [0.05, 0.1) is 11.1 Å². The molecule has 134 valence electrons. The Morgan fingerprint density at radius 3 is 2.62 bits per heavy atom. The van der Waals surface area contributed by atoms with Crippen molar-refractivity contribution in [3.8, 4) is 0 Å². The van der Waals surface area contributed by atoms with E-state index in [1.807, 2.05) is 36.4 Å². The number of carbonyl (C=O) groups is 2. The molecule has 2 aromatic carbocycles. The largest absolute Gasteiger partial charge is 0.445 e. The minimum atomic E-state index is -1.19. The Morgan fingerprint density at radius 1 is 1.15 bits per heavy atom. The molecule has 0 bridgehead atoms. The zero-order valence-electron chi connectivity index (χ0n) is 14.5. The number of benzene rings is 2. The molecule has 5 heteroatoms. The molecular weight excluding hydrogens is 394 g/mol. The van der Waals surface area contributed by atoms with Gasteiger partial charge in [0.25, 0.3) is 5.91 Å². The van der Waals surface area contributed by atoms with Gasteiger partial charge in [0.1, 0.15) is 0 Å². The highest BCUT2D eigenvalue weighted by atomic mass is 79.9. The monoisotopic (exact) mass is 413 g/mol. The van der Waals surface area contributed by atoms with Gasteiger partial charge in [-0.05, 0) is 55.5 Å². The molecule has 1 N–H and O–H groups in total. The summed E-state index contributed by atoms with van der Waals surface area (Å²) in [5.74, 6) is -0.672. The zero-order chi connectivity index (χ0) is 18.4. The van der Waals surface area contributed by atoms with Crippen LogP contribution in [0.25, 0.3) is 0 Å². The van der Waals surface area contributed by atoms with Gasteiger partial charge in [-0.25, -0.2) is 4.79 Å². The number of rotatable bonds is 3. The first-order valence-electron chi connectivity index (χ1n) is 8.82. The third kappa shape index (κ3) is 2.84. The first-order chi connectivity index (χ1) is 12.4. The van der Waals surface area contributed by atoms with Crippen LogP contribution >= 0.6 is 15.9 Å². The van der Waals surface area contributed by atoms with Crippen LogP contribution in [0.5, 0.6) is 0 Å². The normalized spacial score (nSPS) is 23.4. The quantitative estimate of drug-likeness (QED) is 0.769. The molecule has 1 heterocycles. The van der Waals surface area contributed by atoms with Gasteiger partial charge in [-0.3, -0.25) is 4.79 Å². The van der Waals surface area contributed by atoms with Gasteiger partial charge < -0.3 is 10.1 Å². The predicted molar refractivity (Wildman–Crippen MR) is 102 cm³/mol. The predicted octanol–water partition coefficient (Wildman–Crippen LogP) is 4.12. The van der Waals surface area contributed by atoms with E-state index >= 15 is 0 Å². The summed E-state index contributed by atoms with van der Waals surface area (Å²) in [6.45, 7) is 1.70. The number of carbonyl (C=O) groups excluding carboxylic acids is 2. The Kier molecular flexibility index (Phi) is 4.14. The molecule has 2 aromatic rings. The number of amides is 1. The molecule has 4 rings (SSSR count). The molecule has 1 aliphatic heterocycles. The smallest absolute Gasteiger partial charge is 0.339 e. The highest BCUT2D eigenvalue weighted by molar-refractivity contribution is 9.10. The van der Waals surface area contributed by atoms with Gasteiger partial charge in [-0.1, -0.05) is 46.3 Å². The minimum Gasteiger partial charge on any atom is -0.445 e. The van der Waals surface area contributed by atoms with Gasteiger partial charge in [0.2, 0.25) is 0 Å². The Hall–Kier alpha value is -2.14. The van der Waals surface area contributed by atoms with Crippen molar-refractivity contribution in [1.82, 2.24) is 5.32 Å². The van der Waals surface area contributed by atoms with Crippen molar-refractivity contribution in [3.05, 3.63) is 69.7 Å². The fourth-order valence-electron chi connectivity index (χ4n) is 3.81. The van der Waals surface area contributed by atoms with Gasteiger partial charge in [0.15, 0.2) is 5.60 Å². The summed E-state index contributed by atoms with van der Waals surface area (Å²) in [4.78, 5) is 25.5. The van der Waals surface area contributed by atoms with E-state index in [0.717, 1.165) is 34.9 Å². The Morgan fingerprint density at radius 2 is 1.92 bits per heavy atom. The van der Waals surface area contributed by atoms with E-state index in [2.05, 4.69) is 21.2 Å². The molecule has 1 fully saturated rings. The summed E-state index contributed by atoms with van der Waals surface area (Å²) < 4.78 is 6.56. The molecule has 0 aromatic heterocycles. The Labute approximate surface area is 161 Å². The average molecular weight is 414 g/mol. The lowest BCUT2D eigenvalue weighted by Gasteiger charge is -2.45. The molecular formula is C21H20BrNO3. The maximum absolute atomic E-state index is 13.1. The molecule has 1 aliphatic carbocycles. The molecule has 1 atom stereocenters. The standard InChI is InChI=1S/C21H20BrNO3/c1-20(13-14-6-2-3-9-17(14)18(24)26-20)19(25)23-21(10-5-11-21)15-7-4-8-16(22)12-15/h2-4,6-9,12H,5,10-11,13H2,1H3,(H,23,25). The van der Waals surface area contributed by atoms with E-state index in [1.165, 1.54) is 0 Å². The topological polar surface area (TPSA) is 55.4 Å². The number of fused-ring (bicyclic) bond motifs is 1. The third-order valence-electron chi connectivity index (χ3n) is 5.50. The Balaban J connectivity index is 1.61. The van der Waals surface area contributed by atoms with Crippen LogP contribution in [0.15, 0.2) is 53.0 Å². The molecule has 2 aliphatic rings. The second-order valence-electron chi connectivity index (χ2n) is 7.35. The molecule has 1 amide bonds. The SMILES string of the molecule is CC1(C(=O)NC2(c3cccc(Br)c3)CCC2)Cc2ccccc2C(=O)O1. The number of nitrogens with one attached hydrogen (secondary N) is 1. The summed E-state index contributed by atoms with van der Waals surface area (Å²) in [5.41, 5.74) is 0.903. The number of esters is 1. The van der Waals surface area contributed by atoms with Crippen molar-refractivity contribution < 1.29 is 14.3 Å². The summed E-state index contributed by atoms with van der Waals surface area (Å²) in [5, 5.41) is 3.20. The van der Waals surface area contributed by atoms with Crippen molar-refractivity contribution in [3.63, 3.8) is 0 Å². The fraction of sp³-hybridized carbons (Fsp3) is 0.333. The molecule has 26 heavy (non-hydrogen) atoms. The van der Waals surface area contributed by atoms with Crippen LogP contribution in [-0.2, 0) is 21.5 Å². The lowest BCUT2D eigenvalue weighted by atomic mass is 9.71. The maximum atomic E-state index is 13.1. The second-order valence-corrected chi connectivity index (χ2v) is 8.27. The van der Waals surface area contributed by atoms with Crippen LogP contribution in [-0.4, -0.2) is 17.5 Å². The van der Waals surface area contributed by atoms with Crippen LogP contribution in [0.3, 0.4) is 0 Å². The van der Waals surface area contributed by atoms with E-state index in [4.69, 9.17) is 4.74 Å². The lowest BCUT2D eigenvalue weighted by Crippen LogP contribution is -2.59. The van der Waals surface area contributed by atoms with E-state index < -0.39 is 11.6 Å². The van der Waals surface area contributed by atoms with Gasteiger partial charge in [0, 0.05) is 10.9 Å². The van der Waals surface area contributed by atoms with Crippen LogP contribution in [0.4, 0.5) is 0 Å². The highest BCUT2D eigenvalue weighted by Gasteiger charge is 2.48. The average Bonchev–Trinajstić information content (AvgIpc) is 2.57. The number of ether oxygens (including phenoxy) is 1. The van der Waals surface area contributed by atoms with Crippen LogP contribution < -0.4 is 5.32 Å². The Bertz CT molecular complexity index is 890. The van der Waals surface area contributed by atoms with Gasteiger partial charge >= 0.3 is 5.97 Å². The number of halogens is 1. The zero-order valence-corrected chi connectivity index (χ0v) is 16.1. The number of hydrogen-bond donors (Lipinski definition) is 1. The van der Waals surface area contributed by atoms with E-state index in [9.17, 15) is 9.59 Å². The first kappa shape index (κ1) is 17.3. The van der Waals surface area contributed by atoms with Crippen molar-refractivity contribution in [2.45, 2.75) is 43.7 Å². The summed E-state index contributed by atoms with van der Waals surface area (Å²) >= 11 is 3.51. The summed E-state index contributed by atoms with van der Waals surface area (Å²) in [6, 6.07) is 15.3. The molecule has 4 nitrogen and oxygen atoms in total. The van der Waals surface area contributed by atoms with Crippen molar-refractivity contribution in [2.75, 3.05) is 0 Å². The van der Waals surface area contributed by atoms with E-state index in [-0.39, 0.29) is 11.4 Å². The van der Waals surface area contributed by atoms with E-state index in [1.54, 1.807) is 19.1 Å². The number of cyclic esters (lactones) is 1. The molecule has 0 spiro atoms. The van der Waals surface area contributed by atoms with Crippen molar-refractivity contribution in [1.29, 1.82) is 0 Å². The van der Waals surface area contributed by atoms with Crippen molar-refractivity contribution in [2.24, 2.45) is 0 Å². The fourth-order valence-corrected chi connectivity index (χ4v) is 4.21. The number of hydrogen-bond acceptors (Lipinski definition) is 3. The van der Waals surface area contributed by atoms with Gasteiger partial charge in [-0.15, -0.1) is 0 Å². The summed E-state index contributed by atoms with van der Waals surface area (Å²) in [7, 11) is 0. The molecule has 1 saturated carbocycles. The second kappa shape index (κ2) is 6.23. The van der Waals surface area contributed by atoms with Crippen LogP contribution in [0.2, 0.25) is 0 Å². The molecule has 0 radical (unpaired) electrons. The molecule has 0 saturated heterocycles. The first-order valence-corrected chi connectivity index (χ1v) is 9.61. The van der Waals surface area contributed by atoms with E-state index in [0.29, 0.717) is 12.0 Å². The van der Waals surface area contributed by atoms with Crippen molar-refractivity contribution >= 4 is 27.8 Å². The summed E-state index contributed by atoms with van der Waals surface area (Å²) in [6.07, 6.45) is 3.22.